The minimum atomic E-state index is 0.159. The molecule has 0 aromatic carbocycles. The maximum Gasteiger partial charge on any atom is 0.260 e. The van der Waals surface area contributed by atoms with Gasteiger partial charge in [0.15, 0.2) is 5.13 Å². The molecule has 2 aromatic rings. The van der Waals surface area contributed by atoms with Crippen molar-refractivity contribution in [2.45, 2.75) is 45.1 Å². The van der Waals surface area contributed by atoms with E-state index in [1.165, 1.54) is 17.7 Å². The van der Waals surface area contributed by atoms with Gasteiger partial charge in [-0.2, -0.15) is 0 Å². The van der Waals surface area contributed by atoms with Gasteiger partial charge in [0.2, 0.25) is 0 Å². The number of aromatic nitrogens is 2. The first-order valence-electron chi connectivity index (χ1n) is 7.75. The number of nitrogens with one attached hydrogen (secondary N) is 1. The summed E-state index contributed by atoms with van der Waals surface area (Å²) in [7, 11) is 0. The second-order valence-electron chi connectivity index (χ2n) is 5.86. The van der Waals surface area contributed by atoms with Crippen LogP contribution in [0.4, 0.5) is 5.13 Å². The molecule has 0 bridgehead atoms. The summed E-state index contributed by atoms with van der Waals surface area (Å²) >= 11 is 1.57. The van der Waals surface area contributed by atoms with Crippen LogP contribution in [0.25, 0.3) is 11.3 Å². The van der Waals surface area contributed by atoms with Crippen molar-refractivity contribution < 1.29 is 0 Å². The number of hydrogen-bond donors (Lipinski definition) is 1. The first kappa shape index (κ1) is 13.1. The molecule has 5 heteroatoms. The van der Waals surface area contributed by atoms with Crippen molar-refractivity contribution in [2.75, 3.05) is 11.9 Å². The van der Waals surface area contributed by atoms with Crippen LogP contribution in [0, 0.1) is 0 Å². The molecule has 21 heavy (non-hydrogen) atoms. The van der Waals surface area contributed by atoms with Crippen molar-refractivity contribution in [3.05, 3.63) is 33.1 Å². The number of pyridine rings is 1. The van der Waals surface area contributed by atoms with Gasteiger partial charge in [0.1, 0.15) is 0 Å². The van der Waals surface area contributed by atoms with Crippen molar-refractivity contribution in [1.82, 2.24) is 9.55 Å². The number of nitrogens with zero attached hydrogens (tertiary/aromatic N) is 2. The molecule has 1 fully saturated rings. The molecule has 2 heterocycles. The zero-order chi connectivity index (χ0) is 14.4. The first-order valence-corrected chi connectivity index (χ1v) is 8.63. The van der Waals surface area contributed by atoms with Gasteiger partial charge in [-0.15, -0.1) is 11.3 Å². The van der Waals surface area contributed by atoms with E-state index in [2.05, 4.69) is 27.9 Å². The number of fused-ring (bicyclic) bond motifs is 1. The van der Waals surface area contributed by atoms with Gasteiger partial charge in [-0.05, 0) is 50.7 Å². The third kappa shape index (κ3) is 2.20. The summed E-state index contributed by atoms with van der Waals surface area (Å²) < 4.78 is 2.07. The van der Waals surface area contributed by atoms with E-state index < -0.39 is 0 Å². The van der Waals surface area contributed by atoms with E-state index >= 15 is 0 Å². The van der Waals surface area contributed by atoms with Crippen LogP contribution in [0.5, 0.6) is 0 Å². The SMILES string of the molecule is CCNc1nc(-c2cc3c(n(C4CC4)c2=O)CCC3)cs1. The van der Waals surface area contributed by atoms with Gasteiger partial charge in [-0.1, -0.05) is 0 Å². The Hall–Kier alpha value is -1.62. The van der Waals surface area contributed by atoms with Gasteiger partial charge < -0.3 is 9.88 Å². The highest BCUT2D eigenvalue weighted by molar-refractivity contribution is 7.14. The highest BCUT2D eigenvalue weighted by Crippen LogP contribution is 2.38. The second kappa shape index (κ2) is 4.98. The molecule has 0 atom stereocenters. The zero-order valence-corrected chi connectivity index (χ0v) is 13.0. The summed E-state index contributed by atoms with van der Waals surface area (Å²) in [6, 6.07) is 2.53. The van der Waals surface area contributed by atoms with Crippen LogP contribution >= 0.6 is 11.3 Å². The third-order valence-corrected chi connectivity index (χ3v) is 5.11. The van der Waals surface area contributed by atoms with Crippen LogP contribution < -0.4 is 10.9 Å². The van der Waals surface area contributed by atoms with Crippen molar-refractivity contribution >= 4 is 16.5 Å². The van der Waals surface area contributed by atoms with Crippen molar-refractivity contribution in [3.63, 3.8) is 0 Å². The van der Waals surface area contributed by atoms with Gasteiger partial charge in [0.25, 0.3) is 5.56 Å². The molecule has 0 spiro atoms. The lowest BCUT2D eigenvalue weighted by Gasteiger charge is -2.13. The molecule has 4 nitrogen and oxygen atoms in total. The molecule has 2 aliphatic rings. The van der Waals surface area contributed by atoms with E-state index in [-0.39, 0.29) is 5.56 Å². The van der Waals surface area contributed by atoms with E-state index in [1.807, 2.05) is 5.38 Å². The Morgan fingerprint density at radius 1 is 1.43 bits per heavy atom. The van der Waals surface area contributed by atoms with Gasteiger partial charge in [-0.25, -0.2) is 4.98 Å². The lowest BCUT2D eigenvalue weighted by molar-refractivity contribution is 0.666. The van der Waals surface area contributed by atoms with E-state index in [0.29, 0.717) is 6.04 Å². The molecular formula is C16H19N3OS. The van der Waals surface area contributed by atoms with Gasteiger partial charge >= 0.3 is 0 Å². The molecule has 2 aromatic heterocycles. The lowest BCUT2D eigenvalue weighted by atomic mass is 10.1. The summed E-state index contributed by atoms with van der Waals surface area (Å²) in [5.74, 6) is 0. The number of rotatable bonds is 4. The molecule has 0 aliphatic heterocycles. The maximum atomic E-state index is 12.9. The molecule has 0 amide bonds. The number of anilines is 1. The fourth-order valence-electron chi connectivity index (χ4n) is 3.20. The minimum absolute atomic E-state index is 0.159. The van der Waals surface area contributed by atoms with Gasteiger partial charge in [0, 0.05) is 23.7 Å². The Labute approximate surface area is 127 Å². The van der Waals surface area contributed by atoms with E-state index in [1.54, 1.807) is 11.3 Å². The van der Waals surface area contributed by atoms with Crippen LogP contribution in [0.3, 0.4) is 0 Å². The van der Waals surface area contributed by atoms with E-state index in [4.69, 9.17) is 0 Å². The summed E-state index contributed by atoms with van der Waals surface area (Å²) in [6.07, 6.45) is 5.62. The molecule has 4 rings (SSSR count). The predicted molar refractivity (Wildman–Crippen MR) is 86.3 cm³/mol. The Morgan fingerprint density at radius 2 is 2.29 bits per heavy atom. The normalized spacial score (nSPS) is 17.0. The Balaban J connectivity index is 1.85. The summed E-state index contributed by atoms with van der Waals surface area (Å²) in [4.78, 5) is 17.5. The van der Waals surface area contributed by atoms with Crippen LogP contribution in [0.1, 0.15) is 43.5 Å². The Morgan fingerprint density at radius 3 is 3.05 bits per heavy atom. The average Bonchev–Trinajstić information content (AvgIpc) is 3.01. The Bertz CT molecular complexity index is 742. The van der Waals surface area contributed by atoms with E-state index in [0.717, 1.165) is 48.6 Å². The molecule has 1 saturated carbocycles. The van der Waals surface area contributed by atoms with Crippen LogP contribution in [0.15, 0.2) is 16.2 Å². The number of thiazole rings is 1. The standard InChI is InChI=1S/C16H19N3OS/c1-2-17-16-18-13(9-21-16)12-8-10-4-3-5-14(10)19(15(12)20)11-6-7-11/h8-9,11H,2-7H2,1H3,(H,17,18). The first-order chi connectivity index (χ1) is 10.3. The van der Waals surface area contributed by atoms with E-state index in [9.17, 15) is 4.79 Å². The zero-order valence-electron chi connectivity index (χ0n) is 12.2. The fourth-order valence-corrected chi connectivity index (χ4v) is 3.98. The second-order valence-corrected chi connectivity index (χ2v) is 6.72. The third-order valence-electron chi connectivity index (χ3n) is 4.31. The molecule has 2 aliphatic carbocycles. The maximum absolute atomic E-state index is 12.9. The molecule has 0 unspecified atom stereocenters. The number of hydrogen-bond acceptors (Lipinski definition) is 4. The van der Waals surface area contributed by atoms with Crippen molar-refractivity contribution in [1.29, 1.82) is 0 Å². The van der Waals surface area contributed by atoms with Crippen LogP contribution in [-0.4, -0.2) is 16.1 Å². The van der Waals surface area contributed by atoms with Gasteiger partial charge in [-0.3, -0.25) is 4.79 Å². The largest absolute Gasteiger partial charge is 0.362 e. The topological polar surface area (TPSA) is 46.9 Å². The number of aryl methyl sites for hydroxylation is 1. The highest BCUT2D eigenvalue weighted by atomic mass is 32.1. The average molecular weight is 301 g/mol. The van der Waals surface area contributed by atoms with Crippen molar-refractivity contribution in [3.8, 4) is 11.3 Å². The van der Waals surface area contributed by atoms with Crippen LogP contribution in [0.2, 0.25) is 0 Å². The summed E-state index contributed by atoms with van der Waals surface area (Å²) in [5, 5.41) is 6.10. The highest BCUT2D eigenvalue weighted by Gasteiger charge is 2.30. The van der Waals surface area contributed by atoms with Crippen LogP contribution in [-0.2, 0) is 12.8 Å². The molecule has 0 radical (unpaired) electrons. The minimum Gasteiger partial charge on any atom is -0.362 e. The summed E-state index contributed by atoms with van der Waals surface area (Å²) in [6.45, 7) is 2.90. The predicted octanol–water partition coefficient (Wildman–Crippen LogP) is 3.23. The monoisotopic (exact) mass is 301 g/mol. The lowest BCUT2D eigenvalue weighted by Crippen LogP contribution is -2.24. The quantitative estimate of drug-likeness (QED) is 0.943. The fraction of sp³-hybridized carbons (Fsp3) is 0.500. The van der Waals surface area contributed by atoms with Crippen molar-refractivity contribution in [2.24, 2.45) is 0 Å². The molecule has 1 N–H and O–H groups in total. The Kier molecular flexibility index (Phi) is 3.10. The van der Waals surface area contributed by atoms with Gasteiger partial charge in [0.05, 0.1) is 11.3 Å². The summed E-state index contributed by atoms with van der Waals surface area (Å²) in [5.41, 5.74) is 4.40. The molecule has 0 saturated heterocycles. The smallest absolute Gasteiger partial charge is 0.260 e. The molecule has 110 valence electrons. The molecular weight excluding hydrogens is 282 g/mol.